The molecule has 3 rings (SSSR count). The molecule has 5 atom stereocenters. The quantitative estimate of drug-likeness (QED) is 0.744. The lowest BCUT2D eigenvalue weighted by molar-refractivity contribution is -0.122. The van der Waals surface area contributed by atoms with E-state index in [-0.39, 0.29) is 23.9 Å². The maximum atomic E-state index is 12.5. The number of fused-ring (bicyclic) bond motifs is 2. The van der Waals surface area contributed by atoms with E-state index < -0.39 is 0 Å². The van der Waals surface area contributed by atoms with Crippen LogP contribution in [0, 0.1) is 17.8 Å². The Hall–Kier alpha value is -2.04. The van der Waals surface area contributed by atoms with Gasteiger partial charge in [0.05, 0.1) is 0 Å². The number of nitrogens with one attached hydrogen (secondary N) is 3. The van der Waals surface area contributed by atoms with Gasteiger partial charge in [-0.15, -0.1) is 0 Å². The second-order valence-electron chi connectivity index (χ2n) is 7.66. The van der Waals surface area contributed by atoms with E-state index in [2.05, 4.69) is 22.9 Å². The number of rotatable bonds is 6. The largest absolute Gasteiger partial charge is 0.374 e. The summed E-state index contributed by atoms with van der Waals surface area (Å²) in [4.78, 5) is 24.3. The summed E-state index contributed by atoms with van der Waals surface area (Å²) in [6.07, 6.45) is 5.32. The van der Waals surface area contributed by atoms with Gasteiger partial charge >= 0.3 is 0 Å². The van der Waals surface area contributed by atoms with Crippen LogP contribution >= 0.6 is 0 Å². The molecule has 25 heavy (non-hydrogen) atoms. The van der Waals surface area contributed by atoms with Gasteiger partial charge in [0.1, 0.15) is 6.04 Å². The predicted molar refractivity (Wildman–Crippen MR) is 99.5 cm³/mol. The summed E-state index contributed by atoms with van der Waals surface area (Å²) in [6, 6.07) is 7.09. The van der Waals surface area contributed by atoms with Crippen LogP contribution in [0.3, 0.4) is 0 Å². The van der Waals surface area contributed by atoms with E-state index in [4.69, 9.17) is 0 Å². The molecule has 0 spiro atoms. The molecule has 2 saturated carbocycles. The van der Waals surface area contributed by atoms with Gasteiger partial charge in [0.25, 0.3) is 5.91 Å². The van der Waals surface area contributed by atoms with Crippen LogP contribution in [0.4, 0.5) is 5.69 Å². The van der Waals surface area contributed by atoms with Gasteiger partial charge in [-0.05, 0) is 69.1 Å². The fraction of sp³-hybridized carbons (Fsp3) is 0.600. The van der Waals surface area contributed by atoms with Gasteiger partial charge in [0.15, 0.2) is 0 Å². The molecule has 2 aliphatic carbocycles. The third kappa shape index (κ3) is 3.97. The van der Waals surface area contributed by atoms with Gasteiger partial charge in [-0.2, -0.15) is 0 Å². The predicted octanol–water partition coefficient (Wildman–Crippen LogP) is 2.79. The second-order valence-corrected chi connectivity index (χ2v) is 7.66. The molecule has 0 saturated heterocycles. The Morgan fingerprint density at radius 1 is 1.16 bits per heavy atom. The minimum atomic E-state index is -0.346. The summed E-state index contributed by atoms with van der Waals surface area (Å²) in [5.74, 6) is 2.20. The number of benzene rings is 1. The highest BCUT2D eigenvalue weighted by Gasteiger charge is 2.42. The molecule has 0 aliphatic heterocycles. The fourth-order valence-corrected chi connectivity index (χ4v) is 4.57. The molecular formula is C20H29N3O2. The van der Waals surface area contributed by atoms with Crippen LogP contribution in [0.1, 0.15) is 49.9 Å². The fourth-order valence-electron chi connectivity index (χ4n) is 4.57. The van der Waals surface area contributed by atoms with Crippen LogP contribution in [0.5, 0.6) is 0 Å². The molecule has 2 bridgehead atoms. The van der Waals surface area contributed by atoms with Gasteiger partial charge in [-0.3, -0.25) is 9.59 Å². The summed E-state index contributed by atoms with van der Waals surface area (Å²) in [7, 11) is 1.61. The van der Waals surface area contributed by atoms with E-state index in [1.807, 2.05) is 19.1 Å². The Morgan fingerprint density at radius 3 is 2.60 bits per heavy atom. The van der Waals surface area contributed by atoms with Crippen molar-refractivity contribution in [2.24, 2.45) is 17.8 Å². The van der Waals surface area contributed by atoms with Crippen molar-refractivity contribution in [2.45, 2.75) is 51.6 Å². The van der Waals surface area contributed by atoms with Gasteiger partial charge in [-0.25, -0.2) is 0 Å². The number of carbonyl (C=O) groups excluding carboxylic acids is 2. The zero-order valence-electron chi connectivity index (χ0n) is 15.3. The summed E-state index contributed by atoms with van der Waals surface area (Å²) in [6.45, 7) is 4.00. The first-order valence-electron chi connectivity index (χ1n) is 9.37. The summed E-state index contributed by atoms with van der Waals surface area (Å²) >= 11 is 0. The lowest BCUT2D eigenvalue weighted by Crippen LogP contribution is -2.46. The van der Waals surface area contributed by atoms with E-state index in [9.17, 15) is 9.59 Å². The number of anilines is 1. The van der Waals surface area contributed by atoms with Crippen molar-refractivity contribution < 1.29 is 9.59 Å². The number of amides is 2. The summed E-state index contributed by atoms with van der Waals surface area (Å²) < 4.78 is 0. The molecule has 136 valence electrons. The minimum absolute atomic E-state index is 0.0145. The van der Waals surface area contributed by atoms with Crippen LogP contribution in [0.15, 0.2) is 24.3 Å². The summed E-state index contributed by atoms with van der Waals surface area (Å²) in [5.41, 5.74) is 1.35. The molecule has 1 aromatic rings. The van der Waals surface area contributed by atoms with Crippen LogP contribution in [0.2, 0.25) is 0 Å². The molecule has 0 unspecified atom stereocenters. The van der Waals surface area contributed by atoms with Crippen molar-refractivity contribution in [3.05, 3.63) is 29.8 Å². The molecule has 0 radical (unpaired) electrons. The van der Waals surface area contributed by atoms with Gasteiger partial charge in [0, 0.05) is 24.3 Å². The Morgan fingerprint density at radius 2 is 1.96 bits per heavy atom. The highest BCUT2D eigenvalue weighted by atomic mass is 16.2. The van der Waals surface area contributed by atoms with Crippen molar-refractivity contribution in [3.8, 4) is 0 Å². The first-order chi connectivity index (χ1) is 12.0. The Labute approximate surface area is 150 Å². The topological polar surface area (TPSA) is 70.2 Å². The molecule has 5 heteroatoms. The van der Waals surface area contributed by atoms with Crippen LogP contribution in [-0.2, 0) is 4.79 Å². The normalized spacial score (nSPS) is 26.8. The lowest BCUT2D eigenvalue weighted by atomic mass is 9.84. The van der Waals surface area contributed by atoms with Gasteiger partial charge in [-0.1, -0.05) is 12.5 Å². The second kappa shape index (κ2) is 7.46. The smallest absolute Gasteiger partial charge is 0.251 e. The van der Waals surface area contributed by atoms with E-state index in [0.29, 0.717) is 11.5 Å². The zero-order chi connectivity index (χ0) is 18.0. The van der Waals surface area contributed by atoms with Crippen molar-refractivity contribution in [3.63, 3.8) is 0 Å². The molecule has 2 fully saturated rings. The molecule has 2 amide bonds. The average molecular weight is 343 g/mol. The Balaban J connectivity index is 1.55. The number of carbonyl (C=O) groups is 2. The van der Waals surface area contributed by atoms with Crippen LogP contribution < -0.4 is 16.0 Å². The molecule has 5 nitrogen and oxygen atoms in total. The van der Waals surface area contributed by atoms with Crippen LogP contribution in [0.25, 0.3) is 0 Å². The van der Waals surface area contributed by atoms with Crippen molar-refractivity contribution in [1.82, 2.24) is 10.6 Å². The average Bonchev–Trinajstić information content (AvgIpc) is 3.24. The maximum absolute atomic E-state index is 12.5. The monoisotopic (exact) mass is 343 g/mol. The van der Waals surface area contributed by atoms with Gasteiger partial charge in [0.2, 0.25) is 5.91 Å². The number of hydrogen-bond donors (Lipinski definition) is 3. The highest BCUT2D eigenvalue weighted by Crippen LogP contribution is 2.49. The van der Waals surface area contributed by atoms with Crippen molar-refractivity contribution in [1.29, 1.82) is 0 Å². The Bertz CT molecular complexity index is 646. The SMILES string of the molecule is CNC(=O)c1cccc(N[C@H](C)C(=O)N[C@@H](C)[C@H]2C[C@H]3CC[C@H]2C3)c1. The Kier molecular flexibility index (Phi) is 5.30. The standard InChI is InChI=1S/C20H29N3O2/c1-12(18-10-14-7-8-15(18)9-14)23-19(24)13(2)22-17-6-4-5-16(11-17)20(25)21-3/h4-6,11-15,18,22H,7-10H2,1-3H3,(H,21,25)(H,23,24)/t12-,13+,14-,15-,18+/m0/s1. The van der Waals surface area contributed by atoms with Gasteiger partial charge < -0.3 is 16.0 Å². The lowest BCUT2D eigenvalue weighted by Gasteiger charge is -2.29. The minimum Gasteiger partial charge on any atom is -0.374 e. The number of hydrogen-bond acceptors (Lipinski definition) is 3. The van der Waals surface area contributed by atoms with Crippen molar-refractivity contribution in [2.75, 3.05) is 12.4 Å². The first-order valence-corrected chi connectivity index (χ1v) is 9.37. The molecule has 0 heterocycles. The highest BCUT2D eigenvalue weighted by molar-refractivity contribution is 5.95. The molecule has 1 aromatic carbocycles. The first kappa shape index (κ1) is 17.8. The third-order valence-electron chi connectivity index (χ3n) is 5.93. The van der Waals surface area contributed by atoms with E-state index in [1.165, 1.54) is 25.7 Å². The third-order valence-corrected chi connectivity index (χ3v) is 5.93. The maximum Gasteiger partial charge on any atom is 0.251 e. The van der Waals surface area contributed by atoms with E-state index >= 15 is 0 Å². The molecule has 2 aliphatic rings. The zero-order valence-corrected chi connectivity index (χ0v) is 15.3. The molecule has 3 N–H and O–H groups in total. The van der Waals surface area contributed by atoms with Crippen LogP contribution in [-0.4, -0.2) is 30.9 Å². The van der Waals surface area contributed by atoms with E-state index in [1.54, 1.807) is 19.2 Å². The molecular weight excluding hydrogens is 314 g/mol. The van der Waals surface area contributed by atoms with Crippen molar-refractivity contribution >= 4 is 17.5 Å². The summed E-state index contributed by atoms with van der Waals surface area (Å²) in [5, 5.41) is 9.00. The molecule has 0 aromatic heterocycles. The van der Waals surface area contributed by atoms with E-state index in [0.717, 1.165) is 17.5 Å².